The minimum atomic E-state index is 0.150. The molecule has 1 amide bonds. The molecule has 3 aromatic rings. The molecule has 1 aliphatic rings. The first-order valence-electron chi connectivity index (χ1n) is 9.13. The Balaban J connectivity index is 1.51. The Morgan fingerprint density at radius 3 is 2.62 bits per heavy atom. The van der Waals surface area contributed by atoms with Crippen LogP contribution < -0.4 is 5.32 Å². The lowest BCUT2D eigenvalue weighted by molar-refractivity contribution is -0.129. The Morgan fingerprint density at radius 1 is 1.08 bits per heavy atom. The number of rotatable bonds is 4. The van der Waals surface area contributed by atoms with Crippen LogP contribution in [0.15, 0.2) is 42.7 Å². The molecule has 0 radical (unpaired) electrons. The van der Waals surface area contributed by atoms with Crippen LogP contribution in [0.3, 0.4) is 0 Å². The molecule has 0 aliphatic carbocycles. The Hall–Kier alpha value is -2.47. The second-order valence-electron chi connectivity index (χ2n) is 6.57. The van der Waals surface area contributed by atoms with Crippen molar-refractivity contribution >= 4 is 33.3 Å². The summed E-state index contributed by atoms with van der Waals surface area (Å²) in [4.78, 5) is 25.3. The summed E-state index contributed by atoms with van der Waals surface area (Å²) in [6.45, 7) is 2.02. The van der Waals surface area contributed by atoms with Gasteiger partial charge in [0.25, 0.3) is 0 Å². The van der Waals surface area contributed by atoms with Gasteiger partial charge in [-0.05, 0) is 24.5 Å². The van der Waals surface area contributed by atoms with Crippen molar-refractivity contribution in [3.05, 3.63) is 42.7 Å². The number of hydrogen-bond acceptors (Lipinski definition) is 5. The lowest BCUT2D eigenvalue weighted by atomic mass is 10.2. The number of hydrogen-bond donors (Lipinski definition) is 1. The molecule has 0 spiro atoms. The van der Waals surface area contributed by atoms with E-state index in [4.69, 9.17) is 0 Å². The van der Waals surface area contributed by atoms with Crippen LogP contribution in [0.1, 0.15) is 25.7 Å². The third-order valence-electron chi connectivity index (χ3n) is 4.75. The van der Waals surface area contributed by atoms with Gasteiger partial charge in [-0.1, -0.05) is 43.2 Å². The molecule has 1 fully saturated rings. The van der Waals surface area contributed by atoms with E-state index in [1.54, 1.807) is 17.7 Å². The van der Waals surface area contributed by atoms with Gasteiger partial charge in [-0.15, -0.1) is 11.3 Å². The number of thiophene rings is 1. The smallest absolute Gasteiger partial charge is 0.241 e. The number of aromatic nitrogens is 2. The van der Waals surface area contributed by atoms with Crippen LogP contribution in [0.5, 0.6) is 0 Å². The predicted molar refractivity (Wildman–Crippen MR) is 106 cm³/mol. The van der Waals surface area contributed by atoms with E-state index >= 15 is 0 Å². The third-order valence-corrected chi connectivity index (χ3v) is 5.85. The highest BCUT2D eigenvalue weighted by Gasteiger charge is 2.16. The van der Waals surface area contributed by atoms with Gasteiger partial charge in [0.1, 0.15) is 17.0 Å². The van der Waals surface area contributed by atoms with Crippen molar-refractivity contribution in [1.82, 2.24) is 14.9 Å². The second kappa shape index (κ2) is 7.83. The molecule has 3 heterocycles. The Labute approximate surface area is 157 Å². The maximum Gasteiger partial charge on any atom is 0.241 e. The summed E-state index contributed by atoms with van der Waals surface area (Å²) in [5, 5.41) is 4.21. The van der Waals surface area contributed by atoms with Crippen molar-refractivity contribution in [2.75, 3.05) is 25.0 Å². The summed E-state index contributed by atoms with van der Waals surface area (Å²) < 4.78 is 0. The predicted octanol–water partition coefficient (Wildman–Crippen LogP) is 4.17. The molecule has 5 nitrogen and oxygen atoms in total. The first kappa shape index (κ1) is 17.0. The maximum absolute atomic E-state index is 12.5. The van der Waals surface area contributed by atoms with Crippen LogP contribution in [0, 0.1) is 0 Å². The summed E-state index contributed by atoms with van der Waals surface area (Å²) in [5.74, 6) is 0.883. The van der Waals surface area contributed by atoms with Gasteiger partial charge in [0.2, 0.25) is 5.91 Å². The van der Waals surface area contributed by atoms with Crippen molar-refractivity contribution < 1.29 is 4.79 Å². The van der Waals surface area contributed by atoms with E-state index in [9.17, 15) is 4.79 Å². The fraction of sp³-hybridized carbons (Fsp3) is 0.350. The molecule has 134 valence electrons. The first-order chi connectivity index (χ1) is 12.8. The standard InChI is InChI=1S/C20H22N4OS/c25-18(24-10-6-1-2-7-11-24)13-21-19-16-12-17(15-8-4-3-5-9-15)26-20(16)23-14-22-19/h3-5,8-9,12,14H,1-2,6-7,10-11,13H2,(H,21,22,23). The van der Waals surface area contributed by atoms with E-state index in [-0.39, 0.29) is 12.5 Å². The highest BCUT2D eigenvalue weighted by Crippen LogP contribution is 2.34. The first-order valence-corrected chi connectivity index (χ1v) is 9.94. The van der Waals surface area contributed by atoms with Crippen LogP contribution in [0.2, 0.25) is 0 Å². The molecule has 6 heteroatoms. The molecule has 1 aliphatic heterocycles. The van der Waals surface area contributed by atoms with Crippen molar-refractivity contribution in [3.8, 4) is 10.4 Å². The van der Waals surface area contributed by atoms with Crippen molar-refractivity contribution in [1.29, 1.82) is 0 Å². The van der Waals surface area contributed by atoms with Gasteiger partial charge in [-0.3, -0.25) is 4.79 Å². The SMILES string of the molecule is O=C(CNc1ncnc2sc(-c3ccccc3)cc12)N1CCCCCC1. The zero-order valence-corrected chi connectivity index (χ0v) is 15.5. The lowest BCUT2D eigenvalue weighted by Crippen LogP contribution is -2.36. The van der Waals surface area contributed by atoms with Gasteiger partial charge in [0.05, 0.1) is 11.9 Å². The highest BCUT2D eigenvalue weighted by atomic mass is 32.1. The maximum atomic E-state index is 12.5. The summed E-state index contributed by atoms with van der Waals surface area (Å²) in [7, 11) is 0. The van der Waals surface area contributed by atoms with Gasteiger partial charge in [0.15, 0.2) is 0 Å². The average Bonchev–Trinajstić information content (AvgIpc) is 2.94. The molecule has 0 unspecified atom stereocenters. The number of likely N-dealkylation sites (tertiary alicyclic amines) is 1. The van der Waals surface area contributed by atoms with Crippen molar-refractivity contribution in [2.24, 2.45) is 0 Å². The zero-order chi connectivity index (χ0) is 17.8. The van der Waals surface area contributed by atoms with Crippen LogP contribution >= 0.6 is 11.3 Å². The van der Waals surface area contributed by atoms with E-state index in [2.05, 4.69) is 33.5 Å². The van der Waals surface area contributed by atoms with Crippen LogP contribution in [-0.2, 0) is 4.79 Å². The minimum absolute atomic E-state index is 0.150. The van der Waals surface area contributed by atoms with E-state index in [0.717, 1.165) is 46.8 Å². The number of anilines is 1. The molecule has 1 N–H and O–H groups in total. The Kier molecular flexibility index (Phi) is 5.11. The number of nitrogens with one attached hydrogen (secondary N) is 1. The molecule has 0 saturated carbocycles. The van der Waals surface area contributed by atoms with Crippen LogP contribution in [0.25, 0.3) is 20.7 Å². The largest absolute Gasteiger partial charge is 0.360 e. The monoisotopic (exact) mass is 366 g/mol. The Bertz CT molecular complexity index is 885. The topological polar surface area (TPSA) is 58.1 Å². The lowest BCUT2D eigenvalue weighted by Gasteiger charge is -2.20. The molecule has 2 aromatic heterocycles. The number of carbonyl (C=O) groups is 1. The normalized spacial score (nSPS) is 15.0. The minimum Gasteiger partial charge on any atom is -0.360 e. The summed E-state index contributed by atoms with van der Waals surface area (Å²) in [6, 6.07) is 12.4. The van der Waals surface area contributed by atoms with E-state index in [1.165, 1.54) is 18.4 Å². The number of fused-ring (bicyclic) bond motifs is 1. The van der Waals surface area contributed by atoms with Crippen molar-refractivity contribution in [3.63, 3.8) is 0 Å². The molecule has 1 saturated heterocycles. The second-order valence-corrected chi connectivity index (χ2v) is 7.60. The fourth-order valence-corrected chi connectivity index (χ4v) is 4.34. The summed E-state index contributed by atoms with van der Waals surface area (Å²) in [6.07, 6.45) is 6.22. The Morgan fingerprint density at radius 2 is 1.85 bits per heavy atom. The molecular weight excluding hydrogens is 344 g/mol. The fourth-order valence-electron chi connectivity index (χ4n) is 3.33. The molecule has 1 aromatic carbocycles. The molecular formula is C20H22N4OS. The van der Waals surface area contributed by atoms with E-state index in [0.29, 0.717) is 0 Å². The number of amides is 1. The van der Waals surface area contributed by atoms with Gasteiger partial charge in [-0.25, -0.2) is 9.97 Å². The van der Waals surface area contributed by atoms with E-state index in [1.807, 2.05) is 23.1 Å². The summed E-state index contributed by atoms with van der Waals surface area (Å²) in [5.41, 5.74) is 1.17. The van der Waals surface area contributed by atoms with E-state index < -0.39 is 0 Å². The van der Waals surface area contributed by atoms with Crippen molar-refractivity contribution in [2.45, 2.75) is 25.7 Å². The molecule has 26 heavy (non-hydrogen) atoms. The quantitative estimate of drug-likeness (QED) is 0.753. The average molecular weight is 366 g/mol. The zero-order valence-electron chi connectivity index (χ0n) is 14.6. The number of nitrogens with zero attached hydrogens (tertiary/aromatic N) is 3. The molecule has 0 bridgehead atoms. The van der Waals surface area contributed by atoms with Gasteiger partial charge < -0.3 is 10.2 Å². The third kappa shape index (κ3) is 3.70. The van der Waals surface area contributed by atoms with Gasteiger partial charge >= 0.3 is 0 Å². The van der Waals surface area contributed by atoms with Crippen LogP contribution in [0.4, 0.5) is 5.82 Å². The number of benzene rings is 1. The number of carbonyl (C=O) groups excluding carboxylic acids is 1. The highest BCUT2D eigenvalue weighted by molar-refractivity contribution is 7.21. The summed E-state index contributed by atoms with van der Waals surface area (Å²) >= 11 is 1.64. The van der Waals surface area contributed by atoms with Gasteiger partial charge in [-0.2, -0.15) is 0 Å². The molecule has 0 atom stereocenters. The molecule has 4 rings (SSSR count). The van der Waals surface area contributed by atoms with Crippen LogP contribution in [-0.4, -0.2) is 40.4 Å². The van der Waals surface area contributed by atoms with Gasteiger partial charge in [0, 0.05) is 18.0 Å².